The number of nitrogens with zero attached hydrogens (tertiary/aromatic N) is 4. The van der Waals surface area contributed by atoms with Crippen LogP contribution in [-0.2, 0) is 0 Å². The number of thiocarbonyl (C=S) groups is 1. The quantitative estimate of drug-likeness (QED) is 0.270. The number of hydrogen-bond donors (Lipinski definition) is 2. The molecule has 0 aromatic heterocycles. The molecular weight excluding hydrogens is 454 g/mol. The Hall–Kier alpha value is -2.33. The van der Waals surface area contributed by atoms with E-state index >= 15 is 0 Å². The highest BCUT2D eigenvalue weighted by Gasteiger charge is 2.50. The number of anilines is 2. The lowest BCUT2D eigenvalue weighted by molar-refractivity contribution is -0.114. The number of hydroxylamine groups is 2. The molecule has 0 aliphatic carbocycles. The molecule has 2 N–H and O–H groups in total. The third-order valence-electron chi connectivity index (χ3n) is 4.67. The van der Waals surface area contributed by atoms with Gasteiger partial charge in [0.2, 0.25) is 0 Å². The fraction of sp³-hybridized carbons (Fsp3) is 0.286. The van der Waals surface area contributed by atoms with Gasteiger partial charge in [-0.1, -0.05) is 47.7 Å². The van der Waals surface area contributed by atoms with Gasteiger partial charge in [0.05, 0.1) is 11.0 Å². The highest BCUT2D eigenvalue weighted by atomic mass is 35.5. The van der Waals surface area contributed by atoms with Crippen molar-refractivity contribution < 1.29 is 10.0 Å². The topological polar surface area (TPSA) is 71.4 Å². The van der Waals surface area contributed by atoms with Crippen LogP contribution in [0.15, 0.2) is 53.6 Å². The number of carbonyl (C=O) groups excluding carboxylic acids is 1. The molecule has 1 aliphatic rings. The first kappa shape index (κ1) is 23.3. The normalized spacial score (nSPS) is 17.8. The van der Waals surface area contributed by atoms with Crippen LogP contribution in [0.4, 0.5) is 16.2 Å². The van der Waals surface area contributed by atoms with Crippen LogP contribution < -0.4 is 10.2 Å². The molecule has 7 nitrogen and oxygen atoms in total. The van der Waals surface area contributed by atoms with E-state index in [4.69, 9.17) is 23.8 Å². The van der Waals surface area contributed by atoms with E-state index in [1.165, 1.54) is 16.8 Å². The number of halogens is 1. The lowest BCUT2D eigenvalue weighted by atomic mass is 10.1. The van der Waals surface area contributed by atoms with Crippen molar-refractivity contribution >= 4 is 63.5 Å². The second-order valence-corrected chi connectivity index (χ2v) is 10.4. The van der Waals surface area contributed by atoms with Crippen LogP contribution in [0, 0.1) is 0 Å². The summed E-state index contributed by atoms with van der Waals surface area (Å²) in [6, 6.07) is 13.8. The van der Waals surface area contributed by atoms with Gasteiger partial charge in [0.25, 0.3) is 0 Å². The summed E-state index contributed by atoms with van der Waals surface area (Å²) >= 11 is 12.7. The Morgan fingerprint density at radius 3 is 2.42 bits per heavy atom. The van der Waals surface area contributed by atoms with Crippen LogP contribution in [0.1, 0.15) is 19.4 Å². The minimum Gasteiger partial charge on any atom is -0.378 e. The largest absolute Gasteiger partial charge is 0.378 e. The van der Waals surface area contributed by atoms with E-state index in [9.17, 15) is 10.0 Å². The van der Waals surface area contributed by atoms with Crippen LogP contribution in [-0.4, -0.2) is 56.9 Å². The number of nitrogens with one attached hydrogen (secondary N) is 1. The minimum atomic E-state index is -0.797. The maximum Gasteiger partial charge on any atom is 0.347 e. The zero-order chi connectivity index (χ0) is 22.8. The molecule has 2 aromatic carbocycles. The summed E-state index contributed by atoms with van der Waals surface area (Å²) in [4.78, 5) is 14.7. The molecule has 0 saturated carbocycles. The number of hydrazone groups is 1. The fourth-order valence-corrected chi connectivity index (χ4v) is 4.95. The van der Waals surface area contributed by atoms with Gasteiger partial charge in [-0.2, -0.15) is 10.2 Å². The lowest BCUT2D eigenvalue weighted by Gasteiger charge is -2.34. The van der Waals surface area contributed by atoms with Gasteiger partial charge in [0.1, 0.15) is 0 Å². The number of urea groups is 1. The third kappa shape index (κ3) is 5.48. The van der Waals surface area contributed by atoms with E-state index in [2.05, 4.69) is 10.4 Å². The van der Waals surface area contributed by atoms with E-state index in [1.807, 2.05) is 57.1 Å². The summed E-state index contributed by atoms with van der Waals surface area (Å²) in [5.74, 6) is 0. The van der Waals surface area contributed by atoms with Gasteiger partial charge in [-0.05, 0) is 55.8 Å². The Bertz CT molecular complexity index is 980. The third-order valence-corrected chi connectivity index (χ3v) is 6.45. The lowest BCUT2D eigenvalue weighted by Crippen LogP contribution is -2.54. The fourth-order valence-electron chi connectivity index (χ4n) is 3.04. The Morgan fingerprint density at radius 1 is 1.23 bits per heavy atom. The second kappa shape index (κ2) is 9.44. The average molecular weight is 478 g/mol. The first-order valence-electron chi connectivity index (χ1n) is 9.47. The Morgan fingerprint density at radius 2 is 1.84 bits per heavy atom. The predicted molar refractivity (Wildman–Crippen MR) is 132 cm³/mol. The molecule has 2 amide bonds. The first-order chi connectivity index (χ1) is 14.6. The van der Waals surface area contributed by atoms with Crippen molar-refractivity contribution in [1.29, 1.82) is 0 Å². The molecule has 2 aromatic rings. The smallest absolute Gasteiger partial charge is 0.347 e. The van der Waals surface area contributed by atoms with Crippen molar-refractivity contribution in [2.45, 2.75) is 24.8 Å². The van der Waals surface area contributed by atoms with Gasteiger partial charge in [-0.15, -0.1) is 0 Å². The number of thioether (sulfide) groups is 1. The molecule has 31 heavy (non-hydrogen) atoms. The standard InChI is InChI=1S/C21H24ClN5O2S2/c1-21(2)18(27(29)19(28)24-16-9-7-15(22)8-10-16)26(20(30)31-21)23-13-14-5-11-17(12-6-14)25(3)4/h5-13,18,29H,1-4H3,(H,24,28). The Balaban J connectivity index is 1.79. The van der Waals surface area contributed by atoms with Gasteiger partial charge in [0.15, 0.2) is 10.5 Å². The van der Waals surface area contributed by atoms with Crippen molar-refractivity contribution in [2.24, 2.45) is 5.10 Å². The van der Waals surface area contributed by atoms with Crippen LogP contribution in [0.5, 0.6) is 0 Å². The van der Waals surface area contributed by atoms with E-state index in [0.29, 0.717) is 20.1 Å². The summed E-state index contributed by atoms with van der Waals surface area (Å²) in [7, 11) is 3.95. The molecule has 0 spiro atoms. The molecule has 1 atom stereocenters. The van der Waals surface area contributed by atoms with Crippen LogP contribution in [0.3, 0.4) is 0 Å². The monoisotopic (exact) mass is 477 g/mol. The van der Waals surface area contributed by atoms with E-state index in [0.717, 1.165) is 11.3 Å². The number of benzene rings is 2. The van der Waals surface area contributed by atoms with Gasteiger partial charge in [-0.3, -0.25) is 5.21 Å². The summed E-state index contributed by atoms with van der Waals surface area (Å²) in [6.07, 6.45) is 0.862. The Kier molecular flexibility index (Phi) is 7.10. The maximum atomic E-state index is 12.7. The zero-order valence-corrected chi connectivity index (χ0v) is 20.0. The van der Waals surface area contributed by atoms with Crippen molar-refractivity contribution in [2.75, 3.05) is 24.3 Å². The van der Waals surface area contributed by atoms with E-state index in [-0.39, 0.29) is 0 Å². The van der Waals surface area contributed by atoms with Crippen molar-refractivity contribution in [3.63, 3.8) is 0 Å². The molecule has 1 fully saturated rings. The molecular formula is C21H24ClN5O2S2. The summed E-state index contributed by atoms with van der Waals surface area (Å²) in [5, 5.41) is 20.6. The summed E-state index contributed by atoms with van der Waals surface area (Å²) in [5.41, 5.74) is 2.45. The van der Waals surface area contributed by atoms with Crippen molar-refractivity contribution in [3.8, 4) is 0 Å². The van der Waals surface area contributed by atoms with Gasteiger partial charge >= 0.3 is 6.03 Å². The van der Waals surface area contributed by atoms with Crippen molar-refractivity contribution in [1.82, 2.24) is 10.1 Å². The number of hydrogen-bond acceptors (Lipinski definition) is 6. The molecule has 0 bridgehead atoms. The van der Waals surface area contributed by atoms with Gasteiger partial charge in [0, 0.05) is 30.5 Å². The molecule has 0 radical (unpaired) electrons. The average Bonchev–Trinajstić information content (AvgIpc) is 2.95. The predicted octanol–water partition coefficient (Wildman–Crippen LogP) is 5.10. The van der Waals surface area contributed by atoms with Crippen LogP contribution >= 0.6 is 35.6 Å². The minimum absolute atomic E-state index is 0.467. The molecule has 1 heterocycles. The molecule has 3 rings (SSSR count). The van der Waals surface area contributed by atoms with Gasteiger partial charge < -0.3 is 10.2 Å². The molecule has 1 aliphatic heterocycles. The molecule has 10 heteroatoms. The zero-order valence-electron chi connectivity index (χ0n) is 17.6. The Labute approximate surface area is 196 Å². The number of rotatable bonds is 5. The molecule has 164 valence electrons. The van der Waals surface area contributed by atoms with E-state index in [1.54, 1.807) is 30.5 Å². The van der Waals surface area contributed by atoms with Crippen LogP contribution in [0.2, 0.25) is 5.02 Å². The summed E-state index contributed by atoms with van der Waals surface area (Å²) in [6.45, 7) is 3.80. The highest BCUT2D eigenvalue weighted by molar-refractivity contribution is 8.24. The number of amides is 2. The summed E-state index contributed by atoms with van der Waals surface area (Å²) < 4.78 is -0.121. The van der Waals surface area contributed by atoms with Gasteiger partial charge in [-0.25, -0.2) is 9.80 Å². The molecule has 1 saturated heterocycles. The number of carbonyl (C=O) groups is 1. The van der Waals surface area contributed by atoms with E-state index < -0.39 is 16.9 Å². The highest BCUT2D eigenvalue weighted by Crippen LogP contribution is 2.42. The SMILES string of the molecule is CN(C)c1ccc(C=NN2C(=S)SC(C)(C)C2N(O)C(=O)Nc2ccc(Cl)cc2)cc1. The maximum absolute atomic E-state index is 12.7. The molecule has 1 unspecified atom stereocenters. The van der Waals surface area contributed by atoms with Crippen LogP contribution in [0.25, 0.3) is 0 Å². The van der Waals surface area contributed by atoms with Crippen molar-refractivity contribution in [3.05, 3.63) is 59.1 Å². The second-order valence-electron chi connectivity index (χ2n) is 7.70. The first-order valence-corrected chi connectivity index (χ1v) is 11.1.